The molecule has 1 heterocycles. The molecule has 0 aliphatic heterocycles. The summed E-state index contributed by atoms with van der Waals surface area (Å²) in [5, 5.41) is 10.9. The van der Waals surface area contributed by atoms with Crippen LogP contribution < -0.4 is 10.6 Å². The molecule has 0 spiro atoms. The van der Waals surface area contributed by atoms with Crippen molar-refractivity contribution in [2.75, 3.05) is 26.2 Å². The predicted molar refractivity (Wildman–Crippen MR) is 100.0 cm³/mol. The van der Waals surface area contributed by atoms with Crippen molar-refractivity contribution in [3.8, 4) is 0 Å². The van der Waals surface area contributed by atoms with Crippen molar-refractivity contribution in [3.05, 3.63) is 12.2 Å². The molecule has 0 fully saturated rings. The lowest BCUT2D eigenvalue weighted by atomic mass is 10.0. The van der Waals surface area contributed by atoms with Gasteiger partial charge in [0.25, 0.3) is 0 Å². The minimum absolute atomic E-state index is 0.513. The molecule has 0 aliphatic rings. The lowest BCUT2D eigenvalue weighted by Crippen LogP contribution is -2.47. The normalized spacial score (nSPS) is 13.6. The lowest BCUT2D eigenvalue weighted by molar-refractivity contribution is 0.191. The van der Waals surface area contributed by atoms with E-state index in [0.717, 1.165) is 38.0 Å². The molecule has 0 saturated heterocycles. The van der Waals surface area contributed by atoms with Crippen LogP contribution in [0.3, 0.4) is 0 Å². The van der Waals surface area contributed by atoms with Crippen LogP contribution in [0.1, 0.15) is 46.9 Å². The van der Waals surface area contributed by atoms with E-state index in [-0.39, 0.29) is 0 Å². The minimum Gasteiger partial charge on any atom is -0.357 e. The van der Waals surface area contributed by atoms with Crippen molar-refractivity contribution in [2.24, 2.45) is 18.0 Å². The number of likely N-dealkylation sites (N-methyl/N-ethyl adjacent to an activating group) is 1. The number of nitrogens with zero attached hydrogens (tertiary/aromatic N) is 5. The first-order valence-electron chi connectivity index (χ1n) is 9.10. The van der Waals surface area contributed by atoms with E-state index in [4.69, 9.17) is 0 Å². The average Bonchev–Trinajstić information content (AvgIpc) is 2.95. The van der Waals surface area contributed by atoms with Crippen LogP contribution in [-0.2, 0) is 13.6 Å². The molecular weight excluding hydrogens is 302 g/mol. The highest BCUT2D eigenvalue weighted by Crippen LogP contribution is 2.10. The van der Waals surface area contributed by atoms with Gasteiger partial charge in [-0.2, -0.15) is 5.10 Å². The maximum absolute atomic E-state index is 4.63. The van der Waals surface area contributed by atoms with Crippen molar-refractivity contribution in [1.29, 1.82) is 0 Å². The number of guanidine groups is 1. The summed E-state index contributed by atoms with van der Waals surface area (Å²) in [6.45, 7) is 15.5. The van der Waals surface area contributed by atoms with E-state index in [2.05, 4.69) is 65.2 Å². The number of hydrogen-bond acceptors (Lipinski definition) is 4. The maximum atomic E-state index is 4.63. The number of aryl methyl sites for hydroxylation is 1. The molecule has 7 nitrogen and oxygen atoms in total. The van der Waals surface area contributed by atoms with E-state index in [1.165, 1.54) is 6.42 Å². The molecular formula is C17H35N7. The van der Waals surface area contributed by atoms with E-state index in [1.54, 1.807) is 11.0 Å². The molecule has 0 radical (unpaired) electrons. The van der Waals surface area contributed by atoms with E-state index in [9.17, 15) is 0 Å². The second kappa shape index (κ2) is 11.0. The molecule has 1 unspecified atom stereocenters. The molecule has 138 valence electrons. The second-order valence-corrected chi connectivity index (χ2v) is 6.38. The predicted octanol–water partition coefficient (Wildman–Crippen LogP) is 1.63. The van der Waals surface area contributed by atoms with Gasteiger partial charge in [0.15, 0.2) is 5.96 Å². The number of aromatic nitrogens is 3. The highest BCUT2D eigenvalue weighted by molar-refractivity contribution is 5.79. The quantitative estimate of drug-likeness (QED) is 0.501. The fraction of sp³-hybridized carbons (Fsp3) is 0.824. The van der Waals surface area contributed by atoms with Gasteiger partial charge in [0.1, 0.15) is 18.7 Å². The van der Waals surface area contributed by atoms with Crippen molar-refractivity contribution in [1.82, 2.24) is 30.3 Å². The van der Waals surface area contributed by atoms with Gasteiger partial charge in [-0.1, -0.05) is 27.7 Å². The Labute approximate surface area is 146 Å². The molecule has 0 aliphatic carbocycles. The van der Waals surface area contributed by atoms with Crippen LogP contribution in [-0.4, -0.2) is 57.8 Å². The van der Waals surface area contributed by atoms with Gasteiger partial charge in [-0.3, -0.25) is 9.58 Å². The molecule has 1 rings (SSSR count). The van der Waals surface area contributed by atoms with Gasteiger partial charge in [-0.05, 0) is 32.4 Å². The highest BCUT2D eigenvalue weighted by Gasteiger charge is 2.17. The molecule has 0 aromatic carbocycles. The summed E-state index contributed by atoms with van der Waals surface area (Å²) in [5.74, 6) is 2.37. The SMILES string of the molecule is CCNC(=NCc1ncnn1C)NCC(CC(C)C)N(CC)CC. The largest absolute Gasteiger partial charge is 0.357 e. The summed E-state index contributed by atoms with van der Waals surface area (Å²) in [5.41, 5.74) is 0. The van der Waals surface area contributed by atoms with Gasteiger partial charge in [0.2, 0.25) is 0 Å². The summed E-state index contributed by atoms with van der Waals surface area (Å²) in [6.07, 6.45) is 2.74. The van der Waals surface area contributed by atoms with E-state index >= 15 is 0 Å². The zero-order valence-corrected chi connectivity index (χ0v) is 16.2. The third kappa shape index (κ3) is 6.86. The smallest absolute Gasteiger partial charge is 0.191 e. The Balaban J connectivity index is 2.69. The molecule has 24 heavy (non-hydrogen) atoms. The van der Waals surface area contributed by atoms with Crippen molar-refractivity contribution in [3.63, 3.8) is 0 Å². The zero-order valence-electron chi connectivity index (χ0n) is 16.2. The fourth-order valence-electron chi connectivity index (χ4n) is 2.81. The lowest BCUT2D eigenvalue weighted by Gasteiger charge is -2.31. The summed E-state index contributed by atoms with van der Waals surface area (Å²) < 4.78 is 1.75. The van der Waals surface area contributed by atoms with Gasteiger partial charge >= 0.3 is 0 Å². The van der Waals surface area contributed by atoms with Gasteiger partial charge in [-0.15, -0.1) is 0 Å². The molecule has 2 N–H and O–H groups in total. The molecule has 1 aromatic heterocycles. The minimum atomic E-state index is 0.513. The van der Waals surface area contributed by atoms with Gasteiger partial charge in [-0.25, -0.2) is 9.98 Å². The monoisotopic (exact) mass is 337 g/mol. The van der Waals surface area contributed by atoms with Crippen LogP contribution in [0.2, 0.25) is 0 Å². The van der Waals surface area contributed by atoms with E-state index in [0.29, 0.717) is 18.5 Å². The van der Waals surface area contributed by atoms with E-state index in [1.807, 2.05) is 7.05 Å². The standard InChI is InChI=1S/C17H35N7/c1-7-18-17(20-12-16-21-13-22-23(16)6)19-11-15(10-14(4)5)24(8-2)9-3/h13-15H,7-12H2,1-6H3,(H2,18,19,20). The van der Waals surface area contributed by atoms with Gasteiger partial charge in [0, 0.05) is 26.2 Å². The molecule has 0 saturated carbocycles. The van der Waals surface area contributed by atoms with Gasteiger partial charge in [0.05, 0.1) is 0 Å². The first kappa shape index (κ1) is 20.4. The molecule has 7 heteroatoms. The van der Waals surface area contributed by atoms with Crippen molar-refractivity contribution >= 4 is 5.96 Å². The highest BCUT2D eigenvalue weighted by atomic mass is 15.3. The third-order valence-corrected chi connectivity index (χ3v) is 4.11. The van der Waals surface area contributed by atoms with Crippen molar-refractivity contribution < 1.29 is 0 Å². The maximum Gasteiger partial charge on any atom is 0.191 e. The Morgan fingerprint density at radius 1 is 1.25 bits per heavy atom. The second-order valence-electron chi connectivity index (χ2n) is 6.38. The molecule has 0 amide bonds. The Morgan fingerprint density at radius 3 is 2.46 bits per heavy atom. The van der Waals surface area contributed by atoms with Crippen LogP contribution in [0, 0.1) is 5.92 Å². The molecule has 1 aromatic rings. The Hall–Kier alpha value is -1.63. The number of aliphatic imine (C=N–C) groups is 1. The Bertz CT molecular complexity index is 477. The van der Waals surface area contributed by atoms with Crippen LogP contribution in [0.15, 0.2) is 11.3 Å². The Morgan fingerprint density at radius 2 is 1.96 bits per heavy atom. The van der Waals surface area contributed by atoms with Crippen LogP contribution in [0.25, 0.3) is 0 Å². The summed E-state index contributed by atoms with van der Waals surface area (Å²) in [7, 11) is 1.89. The summed E-state index contributed by atoms with van der Waals surface area (Å²) >= 11 is 0. The van der Waals surface area contributed by atoms with Crippen LogP contribution in [0.5, 0.6) is 0 Å². The first-order valence-corrected chi connectivity index (χ1v) is 9.10. The zero-order chi connectivity index (χ0) is 17.9. The number of rotatable bonds is 10. The molecule has 1 atom stereocenters. The third-order valence-electron chi connectivity index (χ3n) is 4.11. The summed E-state index contributed by atoms with van der Waals surface area (Å²) in [4.78, 5) is 11.4. The Kier molecular flexibility index (Phi) is 9.37. The van der Waals surface area contributed by atoms with E-state index < -0.39 is 0 Å². The number of nitrogens with one attached hydrogen (secondary N) is 2. The average molecular weight is 338 g/mol. The van der Waals surface area contributed by atoms with Crippen LogP contribution in [0.4, 0.5) is 0 Å². The fourth-order valence-corrected chi connectivity index (χ4v) is 2.81. The van der Waals surface area contributed by atoms with Crippen molar-refractivity contribution in [2.45, 2.75) is 53.6 Å². The molecule has 0 bridgehead atoms. The topological polar surface area (TPSA) is 70.4 Å². The van der Waals surface area contributed by atoms with Gasteiger partial charge < -0.3 is 10.6 Å². The summed E-state index contributed by atoms with van der Waals surface area (Å²) in [6, 6.07) is 0.513. The van der Waals surface area contributed by atoms with Crippen LogP contribution >= 0.6 is 0 Å². The number of hydrogen-bond donors (Lipinski definition) is 2. The first-order chi connectivity index (χ1) is 11.5.